The molecule has 0 spiro atoms. The summed E-state index contributed by atoms with van der Waals surface area (Å²) in [5.41, 5.74) is 0. The summed E-state index contributed by atoms with van der Waals surface area (Å²) in [6.45, 7) is 8.71. The fourth-order valence-corrected chi connectivity index (χ4v) is 5.38. The number of halogens is 2. The Labute approximate surface area is 244 Å². The number of quaternary nitrogens is 2. The van der Waals surface area contributed by atoms with E-state index in [0.717, 1.165) is 60.8 Å². The molecule has 0 aromatic carbocycles. The van der Waals surface area contributed by atoms with Crippen molar-refractivity contribution in [1.82, 2.24) is 10.6 Å². The first kappa shape index (κ1) is 34.3. The summed E-state index contributed by atoms with van der Waals surface area (Å²) in [5.74, 6) is 0.378. The molecule has 202 valence electrons. The van der Waals surface area contributed by atoms with E-state index in [2.05, 4.69) is 24.7 Å². The molecule has 0 atom stereocenters. The molecule has 0 aromatic heterocycles. The second kappa shape index (κ2) is 19.4. The summed E-state index contributed by atoms with van der Waals surface area (Å²) in [7, 11) is 4.68. The number of likely N-dealkylation sites (tertiary alicyclic amines) is 2. The van der Waals surface area contributed by atoms with Crippen molar-refractivity contribution in [2.75, 3.05) is 66.5 Å². The average Bonchev–Trinajstić information content (AvgIpc) is 3.10. The van der Waals surface area contributed by atoms with Gasteiger partial charge in [-0.15, -0.1) is 0 Å². The van der Waals surface area contributed by atoms with Crippen LogP contribution in [0.3, 0.4) is 0 Å². The van der Waals surface area contributed by atoms with E-state index >= 15 is 0 Å². The van der Waals surface area contributed by atoms with Gasteiger partial charge in [-0.25, -0.2) is 0 Å². The van der Waals surface area contributed by atoms with Crippen LogP contribution in [0.4, 0.5) is 0 Å². The van der Waals surface area contributed by atoms with Crippen LogP contribution in [-0.2, 0) is 9.59 Å². The van der Waals surface area contributed by atoms with Crippen molar-refractivity contribution in [3.05, 3.63) is 0 Å². The Morgan fingerprint density at radius 3 is 1.21 bits per heavy atom. The van der Waals surface area contributed by atoms with Gasteiger partial charge in [-0.3, -0.25) is 9.59 Å². The lowest BCUT2D eigenvalue weighted by Gasteiger charge is -2.33. The first-order valence-corrected chi connectivity index (χ1v) is 13.6. The van der Waals surface area contributed by atoms with Crippen molar-refractivity contribution >= 4 is 11.8 Å². The van der Waals surface area contributed by atoms with E-state index in [4.69, 9.17) is 0 Å². The highest BCUT2D eigenvalue weighted by Crippen LogP contribution is 2.16. The first-order valence-electron chi connectivity index (χ1n) is 13.6. The third-order valence-electron chi connectivity index (χ3n) is 7.80. The summed E-state index contributed by atoms with van der Waals surface area (Å²) < 4.78 is 2.22. The number of nitrogens with one attached hydrogen (secondary N) is 2. The highest BCUT2D eigenvalue weighted by atomic mass is 127. The zero-order valence-corrected chi connectivity index (χ0v) is 26.3. The number of likely N-dealkylation sites (N-methyl/N-ethyl adjacent to an activating group) is 2. The quantitative estimate of drug-likeness (QED) is 0.128. The van der Waals surface area contributed by atoms with E-state index in [1.54, 1.807) is 0 Å². The molecular formula is C26H52I2N4O2. The molecule has 0 radical (unpaired) electrons. The summed E-state index contributed by atoms with van der Waals surface area (Å²) in [6.07, 6.45) is 15.9. The number of amides is 2. The van der Waals surface area contributed by atoms with Crippen LogP contribution in [0, 0.1) is 0 Å². The van der Waals surface area contributed by atoms with Crippen LogP contribution in [0.2, 0.25) is 0 Å². The third kappa shape index (κ3) is 15.4. The van der Waals surface area contributed by atoms with Gasteiger partial charge >= 0.3 is 0 Å². The van der Waals surface area contributed by atoms with Crippen molar-refractivity contribution in [3.8, 4) is 0 Å². The van der Waals surface area contributed by atoms with Gasteiger partial charge in [0, 0.05) is 12.8 Å². The summed E-state index contributed by atoms with van der Waals surface area (Å²) >= 11 is 0. The van der Waals surface area contributed by atoms with Crippen LogP contribution in [0.1, 0.15) is 89.9 Å². The van der Waals surface area contributed by atoms with Gasteiger partial charge in [-0.1, -0.05) is 12.8 Å². The fourth-order valence-electron chi connectivity index (χ4n) is 5.38. The summed E-state index contributed by atoms with van der Waals surface area (Å²) in [4.78, 5) is 24.2. The van der Waals surface area contributed by atoms with E-state index in [-0.39, 0.29) is 59.8 Å². The lowest BCUT2D eigenvalue weighted by molar-refractivity contribution is -0.907. The Morgan fingerprint density at radius 2 is 0.882 bits per heavy atom. The fraction of sp³-hybridized carbons (Fsp3) is 0.923. The number of hydrogen-bond acceptors (Lipinski definition) is 2. The lowest BCUT2D eigenvalue weighted by atomic mass is 10.1. The molecule has 0 aromatic rings. The molecule has 2 N–H and O–H groups in total. The molecule has 0 unspecified atom stereocenters. The topological polar surface area (TPSA) is 58.2 Å². The highest BCUT2D eigenvalue weighted by Gasteiger charge is 2.23. The van der Waals surface area contributed by atoms with E-state index in [1.807, 2.05) is 0 Å². The molecule has 2 amide bonds. The van der Waals surface area contributed by atoms with Gasteiger partial charge in [0.1, 0.15) is 0 Å². The predicted molar refractivity (Wildman–Crippen MR) is 132 cm³/mol. The molecule has 0 aliphatic carbocycles. The van der Waals surface area contributed by atoms with Crippen LogP contribution in [0.5, 0.6) is 0 Å². The van der Waals surface area contributed by atoms with Gasteiger partial charge in [0.15, 0.2) is 0 Å². The minimum absolute atomic E-state index is 0. The number of carbonyl (C=O) groups is 2. The zero-order valence-electron chi connectivity index (χ0n) is 22.0. The van der Waals surface area contributed by atoms with E-state index in [9.17, 15) is 9.59 Å². The Bertz CT molecular complexity index is 499. The normalized spacial score (nSPS) is 19.5. The molecule has 2 aliphatic heterocycles. The third-order valence-corrected chi connectivity index (χ3v) is 7.80. The molecule has 0 bridgehead atoms. The first-order chi connectivity index (χ1) is 15.4. The molecule has 0 saturated carbocycles. The van der Waals surface area contributed by atoms with Crippen LogP contribution in [-0.4, -0.2) is 87.2 Å². The Kier molecular flexibility index (Phi) is 19.6. The van der Waals surface area contributed by atoms with Crippen molar-refractivity contribution in [2.24, 2.45) is 0 Å². The molecule has 2 saturated heterocycles. The minimum Gasteiger partial charge on any atom is -1.00 e. The van der Waals surface area contributed by atoms with Crippen LogP contribution in [0.15, 0.2) is 0 Å². The molecule has 2 rings (SSSR count). The maximum atomic E-state index is 12.1. The van der Waals surface area contributed by atoms with Crippen molar-refractivity contribution in [1.29, 1.82) is 0 Å². The molecular weight excluding hydrogens is 654 g/mol. The molecule has 34 heavy (non-hydrogen) atoms. The standard InChI is InChI=1S/C26H50N4O2.2HI/c1-29(19-11-5-6-12-20-29)23-17-27-25(31)15-9-3-4-10-16-26(32)28-18-24-30(2)21-13-7-8-14-22-30;;/h3-24H2,1-2H3;2*1H. The molecule has 8 heteroatoms. The van der Waals surface area contributed by atoms with E-state index in [0.29, 0.717) is 12.8 Å². The molecule has 6 nitrogen and oxygen atoms in total. The largest absolute Gasteiger partial charge is 1.00 e. The number of rotatable bonds is 13. The van der Waals surface area contributed by atoms with E-state index in [1.165, 1.54) is 77.5 Å². The molecule has 2 aliphatic rings. The number of nitrogens with zero attached hydrogens (tertiary/aromatic N) is 2. The number of hydrogen-bond donors (Lipinski definition) is 2. The van der Waals surface area contributed by atoms with Crippen molar-refractivity contribution in [2.45, 2.75) is 89.9 Å². The predicted octanol–water partition coefficient (Wildman–Crippen LogP) is -2.39. The highest BCUT2D eigenvalue weighted by molar-refractivity contribution is 5.76. The van der Waals surface area contributed by atoms with Crippen molar-refractivity contribution in [3.63, 3.8) is 0 Å². The van der Waals surface area contributed by atoms with Gasteiger partial charge in [0.25, 0.3) is 0 Å². The van der Waals surface area contributed by atoms with Gasteiger partial charge in [-0.2, -0.15) is 0 Å². The Balaban J connectivity index is 0.00000544. The Hall–Kier alpha value is 0.320. The maximum absolute atomic E-state index is 12.1. The summed E-state index contributed by atoms with van der Waals surface area (Å²) in [5, 5.41) is 6.24. The lowest BCUT2D eigenvalue weighted by Crippen LogP contribution is -3.00. The van der Waals surface area contributed by atoms with Gasteiger partial charge in [0.05, 0.1) is 66.5 Å². The molecule has 2 fully saturated rings. The SMILES string of the molecule is C[N+]1(CCNC(=O)CCCCCCC(=O)NCC[N+]2(C)CCCCCC2)CCCCCC1.[I-].[I-]. The maximum Gasteiger partial charge on any atom is 0.220 e. The van der Waals surface area contributed by atoms with Gasteiger partial charge in [-0.05, 0) is 64.2 Å². The van der Waals surface area contributed by atoms with E-state index < -0.39 is 0 Å². The second-order valence-corrected chi connectivity index (χ2v) is 11.0. The van der Waals surface area contributed by atoms with Gasteiger partial charge in [0.2, 0.25) is 11.8 Å². The Morgan fingerprint density at radius 1 is 0.559 bits per heavy atom. The summed E-state index contributed by atoms with van der Waals surface area (Å²) in [6, 6.07) is 0. The molecule has 2 heterocycles. The zero-order chi connectivity index (χ0) is 23.1. The van der Waals surface area contributed by atoms with Crippen molar-refractivity contribution < 1.29 is 66.5 Å². The minimum atomic E-state index is 0. The number of carbonyl (C=O) groups excluding carboxylic acids is 2. The smallest absolute Gasteiger partial charge is 0.220 e. The second-order valence-electron chi connectivity index (χ2n) is 11.0. The monoisotopic (exact) mass is 706 g/mol. The number of unbranched alkanes of at least 4 members (excludes halogenated alkanes) is 3. The van der Waals surface area contributed by atoms with Crippen LogP contribution in [0.25, 0.3) is 0 Å². The van der Waals surface area contributed by atoms with Gasteiger partial charge < -0.3 is 67.6 Å². The van der Waals surface area contributed by atoms with Crippen LogP contribution < -0.4 is 58.6 Å². The average molecular weight is 707 g/mol. The van der Waals surface area contributed by atoms with Crippen LogP contribution >= 0.6 is 0 Å².